The zero-order valence-electron chi connectivity index (χ0n) is 7.76. The summed E-state index contributed by atoms with van der Waals surface area (Å²) in [6.07, 6.45) is -0.143. The lowest BCUT2D eigenvalue weighted by Crippen LogP contribution is -2.00. The third-order valence-electron chi connectivity index (χ3n) is 1.68. The van der Waals surface area contributed by atoms with Crippen molar-refractivity contribution in [2.45, 2.75) is 6.42 Å². The van der Waals surface area contributed by atoms with Crippen LogP contribution in [0.5, 0.6) is 0 Å². The van der Waals surface area contributed by atoms with Crippen LogP contribution < -0.4 is 0 Å². The number of hydrogen-bond acceptors (Lipinski definition) is 1. The van der Waals surface area contributed by atoms with Crippen LogP contribution in [-0.4, -0.2) is 17.0 Å². The van der Waals surface area contributed by atoms with E-state index in [9.17, 15) is 9.18 Å². The third-order valence-corrected chi connectivity index (χ3v) is 1.81. The van der Waals surface area contributed by atoms with Crippen molar-refractivity contribution in [2.75, 3.05) is 5.88 Å². The quantitative estimate of drug-likeness (QED) is 0.619. The Morgan fingerprint density at radius 2 is 2.27 bits per heavy atom. The highest BCUT2D eigenvalue weighted by Crippen LogP contribution is 2.10. The fourth-order valence-corrected chi connectivity index (χ4v) is 1.15. The molecule has 0 heterocycles. The van der Waals surface area contributed by atoms with Gasteiger partial charge in [-0.25, -0.2) is 4.39 Å². The van der Waals surface area contributed by atoms with E-state index in [0.717, 1.165) is 0 Å². The van der Waals surface area contributed by atoms with E-state index < -0.39 is 11.8 Å². The molecule has 78 valence electrons. The first-order valence-electron chi connectivity index (χ1n) is 4.18. The first-order chi connectivity index (χ1) is 7.13. The molecular weight excluding hydrogens is 219 g/mol. The second-order valence-electron chi connectivity index (χ2n) is 2.82. The molecular formula is C11H8ClFO2. The van der Waals surface area contributed by atoms with Crippen molar-refractivity contribution < 1.29 is 14.3 Å². The van der Waals surface area contributed by atoms with Gasteiger partial charge in [-0.05, 0) is 17.7 Å². The number of aliphatic carboxylic acids is 1. The minimum absolute atomic E-state index is 0.114. The fraction of sp³-hybridized carbons (Fsp3) is 0.182. The molecule has 15 heavy (non-hydrogen) atoms. The number of hydrogen-bond donors (Lipinski definition) is 1. The maximum atomic E-state index is 13.1. The number of halogens is 2. The zero-order valence-corrected chi connectivity index (χ0v) is 8.51. The van der Waals surface area contributed by atoms with Gasteiger partial charge in [0.2, 0.25) is 0 Å². The molecule has 0 amide bonds. The van der Waals surface area contributed by atoms with E-state index in [1.807, 2.05) is 0 Å². The van der Waals surface area contributed by atoms with Gasteiger partial charge in [0.05, 0.1) is 17.9 Å². The van der Waals surface area contributed by atoms with E-state index in [0.29, 0.717) is 5.56 Å². The summed E-state index contributed by atoms with van der Waals surface area (Å²) in [4.78, 5) is 10.4. The molecule has 0 aliphatic rings. The lowest BCUT2D eigenvalue weighted by molar-refractivity contribution is -0.136. The Hall–Kier alpha value is -1.53. The summed E-state index contributed by atoms with van der Waals surface area (Å²) in [6, 6.07) is 4.05. The number of carboxylic acids is 1. The highest BCUT2D eigenvalue weighted by atomic mass is 35.5. The molecule has 0 atom stereocenters. The molecule has 1 aromatic rings. The molecule has 0 unspecified atom stereocenters. The number of carbonyl (C=O) groups is 1. The monoisotopic (exact) mass is 226 g/mol. The number of carboxylic acid groups (broad SMARTS) is 1. The smallest absolute Gasteiger partial charge is 0.307 e. The molecule has 0 aliphatic carbocycles. The molecule has 0 saturated carbocycles. The maximum Gasteiger partial charge on any atom is 0.307 e. The van der Waals surface area contributed by atoms with Gasteiger partial charge in [-0.3, -0.25) is 4.79 Å². The Morgan fingerprint density at radius 3 is 2.87 bits per heavy atom. The minimum atomic E-state index is -0.960. The predicted molar refractivity (Wildman–Crippen MR) is 55.3 cm³/mol. The SMILES string of the molecule is O=C(O)Cc1ccc(F)c(C#CCCl)c1. The summed E-state index contributed by atoms with van der Waals surface area (Å²) in [5, 5.41) is 8.55. The molecule has 4 heteroatoms. The molecule has 0 aliphatic heterocycles. The normalized spacial score (nSPS) is 9.20. The van der Waals surface area contributed by atoms with Crippen LogP contribution in [0.4, 0.5) is 4.39 Å². The third kappa shape index (κ3) is 3.61. The van der Waals surface area contributed by atoms with Gasteiger partial charge in [0.15, 0.2) is 0 Å². The van der Waals surface area contributed by atoms with Gasteiger partial charge in [0.25, 0.3) is 0 Å². The molecule has 0 radical (unpaired) electrons. The molecule has 1 aromatic carbocycles. The van der Waals surface area contributed by atoms with Crippen LogP contribution in [0.1, 0.15) is 11.1 Å². The Kier molecular flexibility index (Phi) is 4.14. The molecule has 0 fully saturated rings. The van der Waals surface area contributed by atoms with Gasteiger partial charge in [-0.15, -0.1) is 11.6 Å². The second-order valence-corrected chi connectivity index (χ2v) is 3.09. The molecule has 1 N–H and O–H groups in total. The Balaban J connectivity index is 2.99. The first kappa shape index (κ1) is 11.5. The second kappa shape index (κ2) is 5.38. The number of alkyl halides is 1. The highest BCUT2D eigenvalue weighted by Gasteiger charge is 2.04. The Bertz CT molecular complexity index is 432. The van der Waals surface area contributed by atoms with Crippen molar-refractivity contribution in [3.8, 4) is 11.8 Å². The van der Waals surface area contributed by atoms with E-state index in [-0.39, 0.29) is 17.9 Å². The predicted octanol–water partition coefficient (Wildman–Crippen LogP) is 2.04. The van der Waals surface area contributed by atoms with Crippen LogP contribution in [0.25, 0.3) is 0 Å². The van der Waals surface area contributed by atoms with E-state index in [1.165, 1.54) is 18.2 Å². The molecule has 0 spiro atoms. The summed E-state index contributed by atoms with van der Waals surface area (Å²) in [7, 11) is 0. The molecule has 0 aromatic heterocycles. The standard InChI is InChI=1S/C11H8ClFO2/c12-5-1-2-9-6-8(7-11(14)15)3-4-10(9)13/h3-4,6H,5,7H2,(H,14,15). The van der Waals surface area contributed by atoms with Crippen molar-refractivity contribution in [1.82, 2.24) is 0 Å². The van der Waals surface area contributed by atoms with Crippen molar-refractivity contribution >= 4 is 17.6 Å². The average molecular weight is 227 g/mol. The lowest BCUT2D eigenvalue weighted by Gasteiger charge is -1.99. The maximum absolute atomic E-state index is 13.1. The fourth-order valence-electron chi connectivity index (χ4n) is 1.08. The van der Waals surface area contributed by atoms with Gasteiger partial charge in [0, 0.05) is 0 Å². The topological polar surface area (TPSA) is 37.3 Å². The van der Waals surface area contributed by atoms with Crippen LogP contribution >= 0.6 is 11.6 Å². The van der Waals surface area contributed by atoms with Crippen molar-refractivity contribution in [2.24, 2.45) is 0 Å². The Morgan fingerprint density at radius 1 is 1.53 bits per heavy atom. The van der Waals surface area contributed by atoms with Gasteiger partial charge in [-0.1, -0.05) is 17.9 Å². The zero-order chi connectivity index (χ0) is 11.3. The van der Waals surface area contributed by atoms with E-state index in [2.05, 4.69) is 11.8 Å². The van der Waals surface area contributed by atoms with Crippen molar-refractivity contribution in [3.05, 3.63) is 35.1 Å². The van der Waals surface area contributed by atoms with Crippen LogP contribution in [0.2, 0.25) is 0 Å². The summed E-state index contributed by atoms with van der Waals surface area (Å²) in [6.45, 7) is 0. The van der Waals surface area contributed by atoms with Crippen LogP contribution in [0, 0.1) is 17.7 Å². The minimum Gasteiger partial charge on any atom is -0.481 e. The largest absolute Gasteiger partial charge is 0.481 e. The van der Waals surface area contributed by atoms with E-state index in [4.69, 9.17) is 16.7 Å². The first-order valence-corrected chi connectivity index (χ1v) is 4.72. The molecule has 0 bridgehead atoms. The van der Waals surface area contributed by atoms with Crippen molar-refractivity contribution in [1.29, 1.82) is 0 Å². The van der Waals surface area contributed by atoms with Crippen LogP contribution in [0.15, 0.2) is 18.2 Å². The van der Waals surface area contributed by atoms with Crippen LogP contribution in [-0.2, 0) is 11.2 Å². The van der Waals surface area contributed by atoms with Gasteiger partial charge in [-0.2, -0.15) is 0 Å². The summed E-state index contributed by atoms with van der Waals surface area (Å²) >= 11 is 5.34. The molecule has 1 rings (SSSR count). The number of benzene rings is 1. The van der Waals surface area contributed by atoms with Gasteiger partial charge < -0.3 is 5.11 Å². The van der Waals surface area contributed by atoms with Crippen LogP contribution in [0.3, 0.4) is 0 Å². The van der Waals surface area contributed by atoms with E-state index in [1.54, 1.807) is 0 Å². The summed E-state index contributed by atoms with van der Waals surface area (Å²) in [5.74, 6) is 3.72. The summed E-state index contributed by atoms with van der Waals surface area (Å²) in [5.41, 5.74) is 0.692. The molecule has 0 saturated heterocycles. The molecule has 2 nitrogen and oxygen atoms in total. The van der Waals surface area contributed by atoms with Gasteiger partial charge >= 0.3 is 5.97 Å². The highest BCUT2D eigenvalue weighted by molar-refractivity contribution is 6.19. The van der Waals surface area contributed by atoms with E-state index >= 15 is 0 Å². The lowest BCUT2D eigenvalue weighted by atomic mass is 10.1. The van der Waals surface area contributed by atoms with Crippen molar-refractivity contribution in [3.63, 3.8) is 0 Å². The Labute approximate surface area is 91.7 Å². The van der Waals surface area contributed by atoms with Gasteiger partial charge in [0.1, 0.15) is 5.82 Å². The number of rotatable bonds is 2. The average Bonchev–Trinajstić information content (AvgIpc) is 2.18. The summed E-state index contributed by atoms with van der Waals surface area (Å²) < 4.78 is 13.1.